The van der Waals surface area contributed by atoms with Crippen LogP contribution in [0, 0.1) is 54.1 Å². The summed E-state index contributed by atoms with van der Waals surface area (Å²) in [6.45, 7) is 17.1. The van der Waals surface area contributed by atoms with E-state index in [-0.39, 0.29) is 5.56 Å². The fourth-order valence-corrected chi connectivity index (χ4v) is 9.04. The van der Waals surface area contributed by atoms with Crippen molar-refractivity contribution < 1.29 is 13.2 Å². The van der Waals surface area contributed by atoms with Crippen LogP contribution in [0.2, 0.25) is 0 Å². The molecule has 0 fully saturated rings. The third kappa shape index (κ3) is 6.49. The van der Waals surface area contributed by atoms with Crippen molar-refractivity contribution in [2.45, 2.75) is 13.1 Å². The van der Waals surface area contributed by atoms with E-state index in [1.54, 1.807) is 61.5 Å². The Kier molecular flexibility index (Phi) is 9.29. The Labute approximate surface area is 370 Å². The number of para-hydroxylation sites is 2. The second-order valence-corrected chi connectivity index (χ2v) is 15.7. The molecule has 0 saturated heterocycles. The van der Waals surface area contributed by atoms with Crippen LogP contribution >= 0.6 is 0 Å². The number of aromatic nitrogens is 2. The molecule has 0 saturated carbocycles. The number of nitriles is 3. The van der Waals surface area contributed by atoms with Crippen molar-refractivity contribution in [3.05, 3.63) is 202 Å². The molecule has 0 spiro atoms. The van der Waals surface area contributed by atoms with Gasteiger partial charge in [-0.05, 0) is 113 Å². The van der Waals surface area contributed by atoms with Gasteiger partial charge in [-0.1, -0.05) is 84.9 Å². The van der Waals surface area contributed by atoms with Gasteiger partial charge in [0, 0.05) is 32.7 Å². The average molecular weight is 844 g/mol. The van der Waals surface area contributed by atoms with Crippen molar-refractivity contribution in [3.63, 3.8) is 0 Å². The van der Waals surface area contributed by atoms with Gasteiger partial charge in [-0.25, -0.2) is 9.69 Å². The Morgan fingerprint density at radius 2 is 1.08 bits per heavy atom. The van der Waals surface area contributed by atoms with E-state index in [1.807, 2.05) is 94.1 Å². The van der Waals surface area contributed by atoms with Crippen LogP contribution in [0.4, 0.5) is 24.5 Å². The number of benzene rings is 8. The first-order chi connectivity index (χ1) is 31.5. The molecule has 0 radical (unpaired) electrons. The molecule has 8 aromatic carbocycles. The van der Waals surface area contributed by atoms with Crippen LogP contribution in [0.3, 0.4) is 0 Å². The molecule has 0 N–H and O–H groups in total. The van der Waals surface area contributed by atoms with Gasteiger partial charge in [0.05, 0.1) is 64.3 Å². The third-order valence-corrected chi connectivity index (χ3v) is 11.9. The molecule has 7 nitrogen and oxygen atoms in total. The van der Waals surface area contributed by atoms with E-state index in [2.05, 4.69) is 27.9 Å². The van der Waals surface area contributed by atoms with E-state index >= 15 is 0 Å². The van der Waals surface area contributed by atoms with Crippen molar-refractivity contribution in [1.82, 2.24) is 9.13 Å². The first kappa shape index (κ1) is 39.7. The fourth-order valence-electron chi connectivity index (χ4n) is 9.04. The molecule has 0 aliphatic carbocycles. The summed E-state index contributed by atoms with van der Waals surface area (Å²) in [6, 6.07) is 51.2. The first-order valence-corrected chi connectivity index (χ1v) is 20.2. The lowest BCUT2D eigenvalue weighted by Gasteiger charge is -2.19. The lowest BCUT2D eigenvalue weighted by atomic mass is 9.96. The van der Waals surface area contributed by atoms with Crippen LogP contribution in [-0.4, -0.2) is 9.13 Å². The number of rotatable bonds is 5. The largest absolute Gasteiger partial charge is 0.416 e. The summed E-state index contributed by atoms with van der Waals surface area (Å²) >= 11 is 0. The Morgan fingerprint density at radius 1 is 0.508 bits per heavy atom. The van der Waals surface area contributed by atoms with E-state index in [1.165, 1.54) is 0 Å². The number of alkyl halides is 3. The molecule has 65 heavy (non-hydrogen) atoms. The zero-order chi connectivity index (χ0) is 45.1. The quantitative estimate of drug-likeness (QED) is 0.162. The average Bonchev–Trinajstić information content (AvgIpc) is 3.84. The zero-order valence-corrected chi connectivity index (χ0v) is 34.2. The minimum atomic E-state index is -4.63. The maximum atomic E-state index is 14.5. The number of nitrogens with zero attached hydrogens (tertiary/aromatic N) is 7. The molecule has 0 unspecified atom stereocenters. The summed E-state index contributed by atoms with van der Waals surface area (Å²) < 4.78 is 47.5. The van der Waals surface area contributed by atoms with E-state index in [9.17, 15) is 29.0 Å². The smallest absolute Gasteiger partial charge is 0.308 e. The molecular weight excluding hydrogens is 816 g/mol. The van der Waals surface area contributed by atoms with Crippen molar-refractivity contribution in [3.8, 4) is 63.0 Å². The fraction of sp³-hybridized carbons (Fsp3) is 0.0364. The predicted molar refractivity (Wildman–Crippen MR) is 248 cm³/mol. The lowest BCUT2D eigenvalue weighted by molar-refractivity contribution is -0.137. The highest BCUT2D eigenvalue weighted by Crippen LogP contribution is 2.44. The van der Waals surface area contributed by atoms with Gasteiger partial charge in [0.25, 0.3) is 0 Å². The highest BCUT2D eigenvalue weighted by molar-refractivity contribution is 6.12. The second kappa shape index (κ2) is 15.2. The summed E-state index contributed by atoms with van der Waals surface area (Å²) in [5, 5.41) is 34.6. The summed E-state index contributed by atoms with van der Waals surface area (Å²) in [5.74, 6) is 0. The molecule has 10 heteroatoms. The van der Waals surface area contributed by atoms with Crippen LogP contribution in [0.25, 0.3) is 98.1 Å². The van der Waals surface area contributed by atoms with Crippen LogP contribution < -0.4 is 0 Å². The Bertz CT molecular complexity index is 3690. The van der Waals surface area contributed by atoms with Crippen LogP contribution in [0.1, 0.15) is 27.8 Å². The maximum Gasteiger partial charge on any atom is 0.416 e. The van der Waals surface area contributed by atoms with Crippen LogP contribution in [0.5, 0.6) is 0 Å². The number of hydrogen-bond donors (Lipinski definition) is 0. The molecule has 0 atom stereocenters. The van der Waals surface area contributed by atoms with E-state index in [4.69, 9.17) is 13.1 Å². The predicted octanol–water partition coefficient (Wildman–Crippen LogP) is 14.9. The monoisotopic (exact) mass is 843 g/mol. The van der Waals surface area contributed by atoms with Gasteiger partial charge >= 0.3 is 6.18 Å². The van der Waals surface area contributed by atoms with Gasteiger partial charge in [-0.15, -0.1) is 0 Å². The summed E-state index contributed by atoms with van der Waals surface area (Å²) in [6.07, 6.45) is -4.63. The minimum Gasteiger partial charge on any atom is -0.308 e. The normalized spacial score (nSPS) is 11.3. The Morgan fingerprint density at radius 3 is 1.63 bits per heavy atom. The zero-order valence-electron chi connectivity index (χ0n) is 34.2. The lowest BCUT2D eigenvalue weighted by Crippen LogP contribution is -2.07. The number of fused-ring (bicyclic) bond motifs is 6. The Hall–Kier alpha value is -9.40. The standard InChI is InChI=1S/C55H28F3N7/c1-32-20-36(23-39(21-32)55(56,57)58)37-27-53(64-49-10-6-4-8-43(49)45-17-13-34(25-51(45)64)41-19-15-40(62-2)24-38(41)30-60)47(31-61)54(28-37)65-50-11-7-5-9-44(50)46-18-14-35(26-52(46)65)42-16-12-33(29-59)22-48(42)63-3/h4-28H,1H3. The minimum absolute atomic E-state index is 0.234. The van der Waals surface area contributed by atoms with E-state index < -0.39 is 11.7 Å². The van der Waals surface area contributed by atoms with Gasteiger partial charge in [0.1, 0.15) is 11.6 Å². The number of aryl methyl sites for hydroxylation is 1. The summed E-state index contributed by atoms with van der Waals surface area (Å²) in [5.41, 5.74) is 8.09. The molecule has 0 aliphatic heterocycles. The molecule has 304 valence electrons. The van der Waals surface area contributed by atoms with Gasteiger partial charge in [0.15, 0.2) is 11.4 Å². The molecule has 10 aromatic rings. The molecule has 2 heterocycles. The van der Waals surface area contributed by atoms with E-state index in [0.717, 1.165) is 44.7 Å². The van der Waals surface area contributed by atoms with Crippen molar-refractivity contribution in [2.75, 3.05) is 0 Å². The highest BCUT2D eigenvalue weighted by atomic mass is 19.4. The third-order valence-electron chi connectivity index (χ3n) is 11.9. The molecule has 0 bridgehead atoms. The van der Waals surface area contributed by atoms with Crippen molar-refractivity contribution in [2.24, 2.45) is 0 Å². The molecular formula is C55H28F3N7. The SMILES string of the molecule is [C-]#[N+]c1ccc(-c2ccc3c4ccccc4n(-c4cc(-c5cc(C)cc(C(F)(F)F)c5)cc(-n5c6ccccc6c6ccc(-c7ccc(C#N)cc7[N+]#[C-])cc65)c4C#N)c3c2)c(C#N)c1. The highest BCUT2D eigenvalue weighted by Gasteiger charge is 2.31. The summed E-state index contributed by atoms with van der Waals surface area (Å²) in [7, 11) is 0. The maximum absolute atomic E-state index is 14.5. The van der Waals surface area contributed by atoms with Gasteiger partial charge in [-0.3, -0.25) is 0 Å². The Balaban J connectivity index is 1.34. The summed E-state index contributed by atoms with van der Waals surface area (Å²) in [4.78, 5) is 7.24. The van der Waals surface area contributed by atoms with Gasteiger partial charge in [-0.2, -0.15) is 29.0 Å². The topological polar surface area (TPSA) is 89.9 Å². The van der Waals surface area contributed by atoms with Crippen LogP contribution in [0.15, 0.2) is 152 Å². The first-order valence-electron chi connectivity index (χ1n) is 20.2. The van der Waals surface area contributed by atoms with Crippen LogP contribution in [-0.2, 0) is 6.18 Å². The van der Waals surface area contributed by atoms with Gasteiger partial charge in [0.2, 0.25) is 0 Å². The molecule has 0 aliphatic rings. The number of hydrogen-bond acceptors (Lipinski definition) is 3. The number of halogens is 3. The van der Waals surface area contributed by atoms with Crippen molar-refractivity contribution in [1.29, 1.82) is 15.8 Å². The van der Waals surface area contributed by atoms with Crippen molar-refractivity contribution >= 4 is 55.0 Å². The molecule has 0 amide bonds. The second-order valence-electron chi connectivity index (χ2n) is 15.7. The van der Waals surface area contributed by atoms with E-state index in [0.29, 0.717) is 83.9 Å². The van der Waals surface area contributed by atoms with Gasteiger partial charge < -0.3 is 9.13 Å². The molecule has 10 rings (SSSR count). The molecule has 2 aromatic heterocycles.